The third-order valence-corrected chi connectivity index (χ3v) is 3.56. The molecule has 18 heavy (non-hydrogen) atoms. The number of aromatic nitrogens is 1. The van der Waals surface area contributed by atoms with Crippen molar-refractivity contribution in [2.45, 2.75) is 39.7 Å². The van der Waals surface area contributed by atoms with Crippen molar-refractivity contribution < 1.29 is 14.3 Å². The molecule has 1 aliphatic carbocycles. The number of carbonyl (C=O) groups excluding carboxylic acids is 2. The van der Waals surface area contributed by atoms with Crippen molar-refractivity contribution in [2.75, 3.05) is 5.32 Å². The molecule has 0 spiro atoms. The SMILES string of the molecule is Cc1nc(NC(=O)C2CC2)sc1C(=O)OC(C)C. The summed E-state index contributed by atoms with van der Waals surface area (Å²) in [7, 11) is 0. The lowest BCUT2D eigenvalue weighted by Gasteiger charge is -2.05. The molecule has 1 N–H and O–H groups in total. The van der Waals surface area contributed by atoms with Crippen LogP contribution in [0.1, 0.15) is 42.1 Å². The Morgan fingerprint density at radius 1 is 1.44 bits per heavy atom. The molecule has 6 heteroatoms. The molecule has 1 aromatic rings. The minimum absolute atomic E-state index is 0.00692. The number of anilines is 1. The molecule has 1 aromatic heterocycles. The summed E-state index contributed by atoms with van der Waals surface area (Å²) < 4.78 is 5.11. The first-order chi connectivity index (χ1) is 8.47. The molecule has 1 aliphatic rings. The second-order valence-corrected chi connectivity index (χ2v) is 5.65. The highest BCUT2D eigenvalue weighted by atomic mass is 32.1. The molecule has 0 aromatic carbocycles. The Morgan fingerprint density at radius 3 is 2.67 bits per heavy atom. The zero-order valence-electron chi connectivity index (χ0n) is 10.6. The fourth-order valence-corrected chi connectivity index (χ4v) is 2.31. The number of aryl methyl sites for hydroxylation is 1. The second kappa shape index (κ2) is 5.06. The van der Waals surface area contributed by atoms with Gasteiger partial charge in [-0.25, -0.2) is 9.78 Å². The molecule has 0 atom stereocenters. The highest BCUT2D eigenvalue weighted by Crippen LogP contribution is 2.31. The molecular weight excluding hydrogens is 252 g/mol. The maximum absolute atomic E-state index is 11.8. The van der Waals surface area contributed by atoms with E-state index in [9.17, 15) is 9.59 Å². The average Bonchev–Trinajstić information content (AvgIpc) is 3.03. The van der Waals surface area contributed by atoms with E-state index in [1.807, 2.05) is 0 Å². The fraction of sp³-hybridized carbons (Fsp3) is 0.583. The normalized spacial score (nSPS) is 14.7. The molecule has 98 valence electrons. The minimum atomic E-state index is -0.382. The third kappa shape index (κ3) is 3.07. The lowest BCUT2D eigenvalue weighted by atomic mass is 10.4. The van der Waals surface area contributed by atoms with Crippen molar-refractivity contribution in [1.82, 2.24) is 4.98 Å². The van der Waals surface area contributed by atoms with E-state index < -0.39 is 0 Å². The Kier molecular flexibility index (Phi) is 3.65. The van der Waals surface area contributed by atoms with E-state index in [0.717, 1.165) is 12.8 Å². The Bertz CT molecular complexity index is 478. The largest absolute Gasteiger partial charge is 0.459 e. The molecule has 5 nitrogen and oxygen atoms in total. The zero-order chi connectivity index (χ0) is 13.3. The predicted molar refractivity (Wildman–Crippen MR) is 68.8 cm³/mol. The Hall–Kier alpha value is -1.43. The Labute approximate surface area is 110 Å². The summed E-state index contributed by atoms with van der Waals surface area (Å²) in [6.07, 6.45) is 1.72. The lowest BCUT2D eigenvalue weighted by molar-refractivity contribution is -0.117. The molecule has 1 fully saturated rings. The van der Waals surface area contributed by atoms with Gasteiger partial charge in [0.2, 0.25) is 5.91 Å². The van der Waals surface area contributed by atoms with Gasteiger partial charge in [0, 0.05) is 5.92 Å². The summed E-state index contributed by atoms with van der Waals surface area (Å²) in [6, 6.07) is 0. The van der Waals surface area contributed by atoms with Crippen molar-refractivity contribution in [3.05, 3.63) is 10.6 Å². The van der Waals surface area contributed by atoms with Gasteiger partial charge in [-0.2, -0.15) is 0 Å². The summed E-state index contributed by atoms with van der Waals surface area (Å²) in [6.45, 7) is 5.33. The van der Waals surface area contributed by atoms with E-state index in [-0.39, 0.29) is 23.9 Å². The monoisotopic (exact) mass is 268 g/mol. The number of thiazole rings is 1. The van der Waals surface area contributed by atoms with E-state index >= 15 is 0 Å². The zero-order valence-corrected chi connectivity index (χ0v) is 11.5. The molecule has 1 amide bonds. The summed E-state index contributed by atoms with van der Waals surface area (Å²) in [4.78, 5) is 28.0. The first-order valence-corrected chi connectivity index (χ1v) is 6.78. The highest BCUT2D eigenvalue weighted by Gasteiger charge is 2.30. The number of esters is 1. The van der Waals surface area contributed by atoms with Crippen LogP contribution < -0.4 is 5.32 Å². The van der Waals surface area contributed by atoms with Gasteiger partial charge in [-0.3, -0.25) is 4.79 Å². The molecule has 0 saturated heterocycles. The predicted octanol–water partition coefficient (Wildman–Crippen LogP) is 2.37. The van der Waals surface area contributed by atoms with E-state index in [4.69, 9.17) is 4.74 Å². The van der Waals surface area contributed by atoms with Gasteiger partial charge in [0.25, 0.3) is 0 Å². The van der Waals surface area contributed by atoms with Crippen LogP contribution >= 0.6 is 11.3 Å². The van der Waals surface area contributed by atoms with Gasteiger partial charge in [-0.1, -0.05) is 11.3 Å². The van der Waals surface area contributed by atoms with Crippen LogP contribution in [0.15, 0.2) is 0 Å². The van der Waals surface area contributed by atoms with Crippen LogP contribution in [-0.4, -0.2) is 23.0 Å². The third-order valence-electron chi connectivity index (χ3n) is 2.50. The second-order valence-electron chi connectivity index (χ2n) is 4.65. The molecule has 0 aliphatic heterocycles. The number of ether oxygens (including phenoxy) is 1. The molecule has 1 heterocycles. The van der Waals surface area contributed by atoms with Crippen molar-refractivity contribution in [3.8, 4) is 0 Å². The number of nitrogens with one attached hydrogen (secondary N) is 1. The Morgan fingerprint density at radius 2 is 2.11 bits per heavy atom. The molecular formula is C12H16N2O3S. The quantitative estimate of drug-likeness (QED) is 0.851. The fourth-order valence-electron chi connectivity index (χ4n) is 1.46. The van der Waals surface area contributed by atoms with Crippen LogP contribution in [-0.2, 0) is 9.53 Å². The topological polar surface area (TPSA) is 68.3 Å². The van der Waals surface area contributed by atoms with Crippen molar-refractivity contribution in [3.63, 3.8) is 0 Å². The van der Waals surface area contributed by atoms with Crippen LogP contribution in [0.25, 0.3) is 0 Å². The van der Waals surface area contributed by atoms with Gasteiger partial charge < -0.3 is 10.1 Å². The smallest absolute Gasteiger partial charge is 0.350 e. The number of hydrogen-bond acceptors (Lipinski definition) is 5. The van der Waals surface area contributed by atoms with Crippen LogP contribution in [0.3, 0.4) is 0 Å². The van der Waals surface area contributed by atoms with Crippen LogP contribution in [0.5, 0.6) is 0 Å². The van der Waals surface area contributed by atoms with Gasteiger partial charge >= 0.3 is 5.97 Å². The number of amides is 1. The molecule has 0 unspecified atom stereocenters. The molecule has 2 rings (SSSR count). The van der Waals surface area contributed by atoms with Gasteiger partial charge in [0.15, 0.2) is 5.13 Å². The molecule has 1 saturated carbocycles. The summed E-state index contributed by atoms with van der Waals surface area (Å²) in [5.74, 6) is -0.264. The lowest BCUT2D eigenvalue weighted by Crippen LogP contribution is -2.12. The summed E-state index contributed by atoms with van der Waals surface area (Å²) in [5, 5.41) is 3.21. The number of rotatable bonds is 4. The first-order valence-electron chi connectivity index (χ1n) is 5.96. The maximum atomic E-state index is 11.8. The van der Waals surface area contributed by atoms with Crippen molar-refractivity contribution >= 4 is 28.3 Å². The van der Waals surface area contributed by atoms with Crippen LogP contribution in [0.2, 0.25) is 0 Å². The van der Waals surface area contributed by atoms with Gasteiger partial charge in [-0.05, 0) is 33.6 Å². The standard InChI is InChI=1S/C12H16N2O3S/c1-6(2)17-11(16)9-7(3)13-12(18-9)14-10(15)8-4-5-8/h6,8H,4-5H2,1-3H3,(H,13,14,15). The van der Waals surface area contributed by atoms with Crippen LogP contribution in [0, 0.1) is 12.8 Å². The number of carbonyl (C=O) groups is 2. The van der Waals surface area contributed by atoms with Gasteiger partial charge in [-0.15, -0.1) is 0 Å². The highest BCUT2D eigenvalue weighted by molar-refractivity contribution is 7.17. The first kappa shape index (κ1) is 13.0. The number of nitrogens with zero attached hydrogens (tertiary/aromatic N) is 1. The minimum Gasteiger partial charge on any atom is -0.459 e. The van der Waals surface area contributed by atoms with E-state index in [1.165, 1.54) is 11.3 Å². The van der Waals surface area contributed by atoms with Crippen molar-refractivity contribution in [2.24, 2.45) is 5.92 Å². The summed E-state index contributed by atoms with van der Waals surface area (Å²) >= 11 is 1.17. The average molecular weight is 268 g/mol. The van der Waals surface area contributed by atoms with Gasteiger partial charge in [0.1, 0.15) is 4.88 Å². The Balaban J connectivity index is 2.06. The van der Waals surface area contributed by atoms with E-state index in [1.54, 1.807) is 20.8 Å². The number of hydrogen-bond donors (Lipinski definition) is 1. The van der Waals surface area contributed by atoms with E-state index in [2.05, 4.69) is 10.3 Å². The summed E-state index contributed by atoms with van der Waals surface area (Å²) in [5.41, 5.74) is 0.594. The van der Waals surface area contributed by atoms with Crippen LogP contribution in [0.4, 0.5) is 5.13 Å². The van der Waals surface area contributed by atoms with Gasteiger partial charge in [0.05, 0.1) is 11.8 Å². The van der Waals surface area contributed by atoms with Crippen molar-refractivity contribution in [1.29, 1.82) is 0 Å². The molecule has 0 radical (unpaired) electrons. The molecule has 0 bridgehead atoms. The maximum Gasteiger partial charge on any atom is 0.350 e. The van der Waals surface area contributed by atoms with E-state index in [0.29, 0.717) is 15.7 Å².